The average Bonchev–Trinajstić information content (AvgIpc) is 2.82. The fourth-order valence-electron chi connectivity index (χ4n) is 2.30. The molecule has 1 atom stereocenters. The van der Waals surface area contributed by atoms with Gasteiger partial charge in [0.2, 0.25) is 0 Å². The summed E-state index contributed by atoms with van der Waals surface area (Å²) >= 11 is 0. The van der Waals surface area contributed by atoms with Crippen molar-refractivity contribution in [3.8, 4) is 5.75 Å². The molecule has 3 rings (SSSR count). The Morgan fingerprint density at radius 2 is 2.28 bits per heavy atom. The van der Waals surface area contributed by atoms with Crippen LogP contribution in [0.1, 0.15) is 18.7 Å². The highest BCUT2D eigenvalue weighted by molar-refractivity contribution is 7.92. The molecule has 2 aromatic heterocycles. The first-order valence-electron chi connectivity index (χ1n) is 5.80. The van der Waals surface area contributed by atoms with Gasteiger partial charge in [-0.2, -0.15) is 5.10 Å². The standard InChI is InChI=1S/C11H13N3O3S/c15-8-3-4-11-12-10(13-14(11)7-8)6-9-2-1-5-18(9,16)17/h3-4,7,9,15H,1-2,5-6H2. The van der Waals surface area contributed by atoms with Crippen LogP contribution in [-0.4, -0.2) is 39.1 Å². The van der Waals surface area contributed by atoms with E-state index in [4.69, 9.17) is 0 Å². The average molecular weight is 267 g/mol. The number of nitrogens with zero attached hydrogens (tertiary/aromatic N) is 3. The van der Waals surface area contributed by atoms with Crippen molar-refractivity contribution in [1.82, 2.24) is 14.6 Å². The highest BCUT2D eigenvalue weighted by Gasteiger charge is 2.32. The molecule has 18 heavy (non-hydrogen) atoms. The number of hydrogen-bond donors (Lipinski definition) is 1. The smallest absolute Gasteiger partial charge is 0.155 e. The number of hydrogen-bond acceptors (Lipinski definition) is 5. The van der Waals surface area contributed by atoms with Crippen LogP contribution in [0.15, 0.2) is 18.3 Å². The summed E-state index contributed by atoms with van der Waals surface area (Å²) in [5, 5.41) is 13.1. The van der Waals surface area contributed by atoms with Crippen LogP contribution in [0.25, 0.3) is 5.65 Å². The van der Waals surface area contributed by atoms with Gasteiger partial charge in [-0.25, -0.2) is 17.9 Å². The van der Waals surface area contributed by atoms with Gasteiger partial charge < -0.3 is 5.11 Å². The highest BCUT2D eigenvalue weighted by atomic mass is 32.2. The zero-order valence-electron chi connectivity index (χ0n) is 9.65. The van der Waals surface area contributed by atoms with E-state index in [9.17, 15) is 13.5 Å². The van der Waals surface area contributed by atoms with Crippen LogP contribution in [0.3, 0.4) is 0 Å². The van der Waals surface area contributed by atoms with Crippen LogP contribution in [0.2, 0.25) is 0 Å². The van der Waals surface area contributed by atoms with Gasteiger partial charge in [-0.1, -0.05) is 0 Å². The van der Waals surface area contributed by atoms with E-state index >= 15 is 0 Å². The van der Waals surface area contributed by atoms with Gasteiger partial charge in [-0.05, 0) is 25.0 Å². The predicted molar refractivity (Wildman–Crippen MR) is 65.2 cm³/mol. The number of aromatic nitrogens is 3. The zero-order chi connectivity index (χ0) is 12.8. The van der Waals surface area contributed by atoms with Crippen molar-refractivity contribution >= 4 is 15.5 Å². The summed E-state index contributed by atoms with van der Waals surface area (Å²) in [5.74, 6) is 0.884. The molecule has 0 spiro atoms. The Balaban J connectivity index is 1.91. The van der Waals surface area contributed by atoms with Crippen molar-refractivity contribution < 1.29 is 13.5 Å². The number of sulfone groups is 1. The van der Waals surface area contributed by atoms with Gasteiger partial charge in [0.1, 0.15) is 5.75 Å². The minimum Gasteiger partial charge on any atom is -0.506 e. The van der Waals surface area contributed by atoms with E-state index in [1.807, 2.05) is 0 Å². The van der Waals surface area contributed by atoms with Gasteiger partial charge in [0.15, 0.2) is 21.3 Å². The summed E-state index contributed by atoms with van der Waals surface area (Å²) < 4.78 is 24.9. The minimum absolute atomic E-state index is 0.104. The molecular formula is C11H13N3O3S. The molecule has 1 saturated heterocycles. The van der Waals surface area contributed by atoms with Crippen molar-refractivity contribution in [2.45, 2.75) is 24.5 Å². The Morgan fingerprint density at radius 3 is 3.00 bits per heavy atom. The molecule has 0 aliphatic carbocycles. The molecule has 1 N–H and O–H groups in total. The van der Waals surface area contributed by atoms with Gasteiger partial charge >= 0.3 is 0 Å². The van der Waals surface area contributed by atoms with Crippen molar-refractivity contribution in [2.75, 3.05) is 5.75 Å². The number of fused-ring (bicyclic) bond motifs is 1. The summed E-state index contributed by atoms with van der Waals surface area (Å²) in [6.45, 7) is 0. The Hall–Kier alpha value is -1.63. The van der Waals surface area contributed by atoms with E-state index in [0.29, 0.717) is 24.3 Å². The highest BCUT2D eigenvalue weighted by Crippen LogP contribution is 2.23. The molecule has 0 bridgehead atoms. The first-order chi connectivity index (χ1) is 8.54. The molecular weight excluding hydrogens is 254 g/mol. The monoisotopic (exact) mass is 267 g/mol. The molecule has 96 valence electrons. The topological polar surface area (TPSA) is 84.6 Å². The largest absolute Gasteiger partial charge is 0.506 e. The first-order valence-corrected chi connectivity index (χ1v) is 7.52. The van der Waals surface area contributed by atoms with Crippen LogP contribution >= 0.6 is 0 Å². The van der Waals surface area contributed by atoms with Crippen molar-refractivity contribution in [3.05, 3.63) is 24.2 Å². The van der Waals surface area contributed by atoms with E-state index in [2.05, 4.69) is 10.1 Å². The summed E-state index contributed by atoms with van der Waals surface area (Å²) in [6, 6.07) is 3.18. The van der Waals surface area contributed by atoms with Gasteiger partial charge in [-0.15, -0.1) is 0 Å². The lowest BCUT2D eigenvalue weighted by Crippen LogP contribution is -2.19. The lowest BCUT2D eigenvalue weighted by atomic mass is 10.2. The Bertz CT molecular complexity index is 693. The third kappa shape index (κ3) is 1.94. The maximum Gasteiger partial charge on any atom is 0.155 e. The normalized spacial score (nSPS) is 22.6. The Morgan fingerprint density at radius 1 is 1.44 bits per heavy atom. The van der Waals surface area contributed by atoms with E-state index in [1.165, 1.54) is 16.8 Å². The second-order valence-corrected chi connectivity index (χ2v) is 6.95. The summed E-state index contributed by atoms with van der Waals surface area (Å²) in [7, 11) is -2.97. The molecule has 1 aliphatic rings. The summed E-state index contributed by atoms with van der Waals surface area (Å²) in [5.41, 5.74) is 0.609. The van der Waals surface area contributed by atoms with Gasteiger partial charge in [-0.3, -0.25) is 0 Å². The molecule has 6 nitrogen and oxygen atoms in total. The van der Waals surface area contributed by atoms with Crippen LogP contribution in [0, 0.1) is 0 Å². The van der Waals surface area contributed by atoms with E-state index in [0.717, 1.165) is 6.42 Å². The Kier molecular flexibility index (Phi) is 2.51. The SMILES string of the molecule is O=S1(=O)CCCC1Cc1nc2ccc(O)cn2n1. The van der Waals surface area contributed by atoms with Crippen LogP contribution in [-0.2, 0) is 16.3 Å². The third-order valence-electron chi connectivity index (χ3n) is 3.23. The van der Waals surface area contributed by atoms with Crippen LogP contribution < -0.4 is 0 Å². The van der Waals surface area contributed by atoms with Crippen LogP contribution in [0.4, 0.5) is 0 Å². The molecule has 1 fully saturated rings. The predicted octanol–water partition coefficient (Wildman–Crippen LogP) is 0.555. The van der Waals surface area contributed by atoms with E-state index in [-0.39, 0.29) is 16.8 Å². The lowest BCUT2D eigenvalue weighted by Gasteiger charge is -2.04. The van der Waals surface area contributed by atoms with Gasteiger partial charge in [0.25, 0.3) is 0 Å². The van der Waals surface area contributed by atoms with Crippen molar-refractivity contribution in [1.29, 1.82) is 0 Å². The maximum atomic E-state index is 11.7. The lowest BCUT2D eigenvalue weighted by molar-refractivity contribution is 0.470. The number of rotatable bonds is 2. The fourth-order valence-corrected chi connectivity index (χ4v) is 4.13. The molecule has 0 radical (unpaired) electrons. The molecule has 0 amide bonds. The molecule has 7 heteroatoms. The van der Waals surface area contributed by atoms with Gasteiger partial charge in [0, 0.05) is 6.42 Å². The zero-order valence-corrected chi connectivity index (χ0v) is 10.5. The second kappa shape index (κ2) is 3.94. The van der Waals surface area contributed by atoms with Crippen LogP contribution in [0.5, 0.6) is 5.75 Å². The molecule has 3 heterocycles. The molecule has 0 aromatic carbocycles. The minimum atomic E-state index is -2.97. The van der Waals surface area contributed by atoms with E-state index < -0.39 is 9.84 Å². The molecule has 1 unspecified atom stereocenters. The molecule has 0 saturated carbocycles. The summed E-state index contributed by atoms with van der Waals surface area (Å²) in [6.07, 6.45) is 3.21. The maximum absolute atomic E-state index is 11.7. The quantitative estimate of drug-likeness (QED) is 0.859. The Labute approximate surface area is 104 Å². The van der Waals surface area contributed by atoms with Crippen molar-refractivity contribution in [3.63, 3.8) is 0 Å². The first kappa shape index (κ1) is 11.5. The van der Waals surface area contributed by atoms with E-state index in [1.54, 1.807) is 6.07 Å². The molecule has 2 aromatic rings. The van der Waals surface area contributed by atoms with Crippen molar-refractivity contribution in [2.24, 2.45) is 0 Å². The van der Waals surface area contributed by atoms with Gasteiger partial charge in [0.05, 0.1) is 17.2 Å². The number of pyridine rings is 1. The molecule has 1 aliphatic heterocycles. The number of aromatic hydroxyl groups is 1. The fraction of sp³-hybridized carbons (Fsp3) is 0.455. The third-order valence-corrected chi connectivity index (χ3v) is 5.51. The summed E-state index contributed by atoms with van der Waals surface area (Å²) in [4.78, 5) is 4.26. The second-order valence-electron chi connectivity index (χ2n) is 4.55.